The van der Waals surface area contributed by atoms with Crippen LogP contribution in [0.5, 0.6) is 5.75 Å². The molecular formula is C22H24Cl2N2O2. The standard InChI is InChI=1S/C22H24Cl2N2O2/c23-18-7-6-15(12-19(18)24)13-22(28)26-11-8-17-16(4-3-5-21(17)27)20(26)14-25-9-1-2-10-25/h3-7,12,20,27H,1-2,8-11,13-14H2. The molecule has 1 N–H and O–H groups in total. The second-order valence-corrected chi connectivity index (χ2v) is 8.45. The molecule has 148 valence electrons. The summed E-state index contributed by atoms with van der Waals surface area (Å²) in [6.07, 6.45) is 3.38. The maximum atomic E-state index is 13.2. The maximum Gasteiger partial charge on any atom is 0.227 e. The van der Waals surface area contributed by atoms with Gasteiger partial charge in [-0.15, -0.1) is 0 Å². The Morgan fingerprint density at radius 2 is 1.86 bits per heavy atom. The summed E-state index contributed by atoms with van der Waals surface area (Å²) in [6, 6.07) is 11.0. The molecular weight excluding hydrogens is 395 g/mol. The van der Waals surface area contributed by atoms with Crippen molar-refractivity contribution in [3.63, 3.8) is 0 Å². The monoisotopic (exact) mass is 418 g/mol. The van der Waals surface area contributed by atoms with Gasteiger partial charge in [-0.05, 0) is 61.7 Å². The predicted molar refractivity (Wildman–Crippen MR) is 112 cm³/mol. The van der Waals surface area contributed by atoms with Crippen LogP contribution in [-0.2, 0) is 17.6 Å². The average molecular weight is 419 g/mol. The van der Waals surface area contributed by atoms with Crippen molar-refractivity contribution in [2.24, 2.45) is 0 Å². The topological polar surface area (TPSA) is 43.8 Å². The second kappa shape index (κ2) is 8.32. The van der Waals surface area contributed by atoms with Gasteiger partial charge in [-0.1, -0.05) is 41.4 Å². The SMILES string of the molecule is O=C(Cc1ccc(Cl)c(Cl)c1)N1CCc2c(O)cccc2C1CN1CCCC1. The molecule has 4 rings (SSSR count). The average Bonchev–Trinajstić information content (AvgIpc) is 3.18. The van der Waals surface area contributed by atoms with Gasteiger partial charge in [-0.3, -0.25) is 4.79 Å². The highest BCUT2D eigenvalue weighted by molar-refractivity contribution is 6.42. The number of halogens is 2. The van der Waals surface area contributed by atoms with Crippen LogP contribution in [-0.4, -0.2) is 47.0 Å². The molecule has 0 spiro atoms. The number of nitrogens with zero attached hydrogens (tertiary/aromatic N) is 2. The second-order valence-electron chi connectivity index (χ2n) is 7.63. The van der Waals surface area contributed by atoms with E-state index in [1.165, 1.54) is 12.8 Å². The van der Waals surface area contributed by atoms with Crippen LogP contribution in [0.1, 0.15) is 35.6 Å². The minimum absolute atomic E-state index is 0.0378. The summed E-state index contributed by atoms with van der Waals surface area (Å²) in [5.41, 5.74) is 2.91. The molecule has 0 aromatic heterocycles. The van der Waals surface area contributed by atoms with Gasteiger partial charge in [0.1, 0.15) is 5.75 Å². The summed E-state index contributed by atoms with van der Waals surface area (Å²) in [4.78, 5) is 17.6. The number of hydrogen-bond acceptors (Lipinski definition) is 3. The Labute approximate surface area is 175 Å². The molecule has 0 radical (unpaired) electrons. The zero-order chi connectivity index (χ0) is 19.7. The Kier molecular flexibility index (Phi) is 5.81. The van der Waals surface area contributed by atoms with Gasteiger partial charge in [0.25, 0.3) is 0 Å². The molecule has 28 heavy (non-hydrogen) atoms. The molecule has 6 heteroatoms. The number of phenolic OH excluding ortho intramolecular Hbond substituents is 1. The maximum absolute atomic E-state index is 13.2. The van der Waals surface area contributed by atoms with E-state index in [0.29, 0.717) is 35.2 Å². The molecule has 0 aliphatic carbocycles. The van der Waals surface area contributed by atoms with Crippen molar-refractivity contribution in [3.8, 4) is 5.75 Å². The molecule has 1 unspecified atom stereocenters. The molecule has 2 heterocycles. The highest BCUT2D eigenvalue weighted by atomic mass is 35.5. The van der Waals surface area contributed by atoms with E-state index in [-0.39, 0.29) is 11.9 Å². The number of fused-ring (bicyclic) bond motifs is 1. The van der Waals surface area contributed by atoms with Crippen LogP contribution < -0.4 is 0 Å². The fraction of sp³-hybridized carbons (Fsp3) is 0.409. The summed E-state index contributed by atoms with van der Waals surface area (Å²) < 4.78 is 0. The first-order valence-corrected chi connectivity index (χ1v) is 10.5. The fourth-order valence-electron chi connectivity index (χ4n) is 4.36. The molecule has 2 aliphatic rings. The summed E-state index contributed by atoms with van der Waals surface area (Å²) in [6.45, 7) is 3.56. The van der Waals surface area contributed by atoms with E-state index in [2.05, 4.69) is 4.90 Å². The number of amides is 1. The summed E-state index contributed by atoms with van der Waals surface area (Å²) >= 11 is 12.1. The first kappa shape index (κ1) is 19.6. The van der Waals surface area contributed by atoms with Gasteiger partial charge >= 0.3 is 0 Å². The van der Waals surface area contributed by atoms with E-state index in [9.17, 15) is 9.90 Å². The minimum atomic E-state index is -0.0378. The van der Waals surface area contributed by atoms with Crippen molar-refractivity contribution in [2.45, 2.75) is 31.7 Å². The highest BCUT2D eigenvalue weighted by Crippen LogP contribution is 2.36. The highest BCUT2D eigenvalue weighted by Gasteiger charge is 2.33. The smallest absolute Gasteiger partial charge is 0.227 e. The third-order valence-electron chi connectivity index (χ3n) is 5.81. The number of carbonyl (C=O) groups is 1. The first-order chi connectivity index (χ1) is 13.5. The van der Waals surface area contributed by atoms with Crippen molar-refractivity contribution in [1.29, 1.82) is 0 Å². The molecule has 2 aromatic rings. The summed E-state index contributed by atoms with van der Waals surface area (Å²) in [5, 5.41) is 11.3. The number of benzene rings is 2. The van der Waals surface area contributed by atoms with Gasteiger partial charge in [0.15, 0.2) is 0 Å². The molecule has 1 saturated heterocycles. The summed E-state index contributed by atoms with van der Waals surface area (Å²) in [7, 11) is 0. The molecule has 0 bridgehead atoms. The lowest BCUT2D eigenvalue weighted by molar-refractivity contribution is -0.133. The minimum Gasteiger partial charge on any atom is -0.508 e. The van der Waals surface area contributed by atoms with Gasteiger partial charge in [0, 0.05) is 18.7 Å². The Bertz CT molecular complexity index is 881. The number of phenols is 1. The third-order valence-corrected chi connectivity index (χ3v) is 6.55. The van der Waals surface area contributed by atoms with Gasteiger partial charge in [-0.2, -0.15) is 0 Å². The van der Waals surface area contributed by atoms with E-state index >= 15 is 0 Å². The predicted octanol–water partition coefficient (Wildman–Crippen LogP) is 4.46. The molecule has 4 nitrogen and oxygen atoms in total. The van der Waals surface area contributed by atoms with E-state index in [1.807, 2.05) is 23.1 Å². The number of carbonyl (C=O) groups excluding carboxylic acids is 1. The first-order valence-electron chi connectivity index (χ1n) is 9.79. The third kappa shape index (κ3) is 4.00. The quantitative estimate of drug-likeness (QED) is 0.796. The van der Waals surface area contributed by atoms with Crippen LogP contribution in [0.15, 0.2) is 36.4 Å². The van der Waals surface area contributed by atoms with Gasteiger partial charge in [0.05, 0.1) is 22.5 Å². The van der Waals surface area contributed by atoms with E-state index in [0.717, 1.165) is 36.3 Å². The number of aromatic hydroxyl groups is 1. The van der Waals surface area contributed by atoms with Gasteiger partial charge in [-0.25, -0.2) is 0 Å². The Morgan fingerprint density at radius 3 is 2.61 bits per heavy atom. The molecule has 1 fully saturated rings. The van der Waals surface area contributed by atoms with Crippen LogP contribution in [0.3, 0.4) is 0 Å². The molecule has 2 aromatic carbocycles. The molecule has 1 atom stereocenters. The fourth-order valence-corrected chi connectivity index (χ4v) is 4.68. The lowest BCUT2D eigenvalue weighted by Crippen LogP contribution is -2.45. The lowest BCUT2D eigenvalue weighted by atomic mass is 9.91. The number of hydrogen-bond donors (Lipinski definition) is 1. The normalized spacial score (nSPS) is 19.6. The van der Waals surface area contributed by atoms with Crippen molar-refractivity contribution >= 4 is 29.1 Å². The van der Waals surface area contributed by atoms with Crippen LogP contribution in [0.4, 0.5) is 0 Å². The van der Waals surface area contributed by atoms with E-state index in [1.54, 1.807) is 18.2 Å². The number of rotatable bonds is 4. The van der Waals surface area contributed by atoms with E-state index in [4.69, 9.17) is 23.2 Å². The Balaban J connectivity index is 1.60. The van der Waals surface area contributed by atoms with Crippen LogP contribution >= 0.6 is 23.2 Å². The Hall–Kier alpha value is -1.75. The lowest BCUT2D eigenvalue weighted by Gasteiger charge is -2.39. The molecule has 0 saturated carbocycles. The molecule has 2 aliphatic heterocycles. The largest absolute Gasteiger partial charge is 0.508 e. The Morgan fingerprint density at radius 1 is 1.07 bits per heavy atom. The van der Waals surface area contributed by atoms with Crippen LogP contribution in [0.2, 0.25) is 10.0 Å². The van der Waals surface area contributed by atoms with Crippen molar-refractivity contribution in [2.75, 3.05) is 26.2 Å². The van der Waals surface area contributed by atoms with E-state index < -0.39 is 0 Å². The van der Waals surface area contributed by atoms with Crippen LogP contribution in [0.25, 0.3) is 0 Å². The molecule has 1 amide bonds. The zero-order valence-corrected chi connectivity index (χ0v) is 17.2. The van der Waals surface area contributed by atoms with Gasteiger partial charge in [0.2, 0.25) is 5.91 Å². The summed E-state index contributed by atoms with van der Waals surface area (Å²) in [5.74, 6) is 0.414. The van der Waals surface area contributed by atoms with Crippen molar-refractivity contribution < 1.29 is 9.90 Å². The van der Waals surface area contributed by atoms with Crippen LogP contribution in [0, 0.1) is 0 Å². The van der Waals surface area contributed by atoms with Gasteiger partial charge < -0.3 is 14.9 Å². The number of likely N-dealkylation sites (tertiary alicyclic amines) is 1. The zero-order valence-electron chi connectivity index (χ0n) is 15.7. The van der Waals surface area contributed by atoms with Crippen molar-refractivity contribution in [3.05, 3.63) is 63.1 Å². The van der Waals surface area contributed by atoms with Crippen molar-refractivity contribution in [1.82, 2.24) is 9.80 Å².